The van der Waals surface area contributed by atoms with Crippen molar-refractivity contribution in [3.63, 3.8) is 0 Å². The van der Waals surface area contributed by atoms with Gasteiger partial charge in [-0.2, -0.15) is 0 Å². The summed E-state index contributed by atoms with van der Waals surface area (Å²) in [6.45, 7) is -3.09. The third kappa shape index (κ3) is 5.14. The molecule has 0 aromatic heterocycles. The van der Waals surface area contributed by atoms with E-state index in [1.54, 1.807) is 6.92 Å². The van der Waals surface area contributed by atoms with Crippen LogP contribution < -0.4 is 57.1 Å². The van der Waals surface area contributed by atoms with Crippen LogP contribution >= 0.6 is 12.6 Å². The van der Waals surface area contributed by atoms with Crippen LogP contribution in [0.25, 0.3) is 0 Å². The van der Waals surface area contributed by atoms with Crippen molar-refractivity contribution in [3.8, 4) is 0 Å². The van der Waals surface area contributed by atoms with Crippen LogP contribution in [0.5, 0.6) is 0 Å². The van der Waals surface area contributed by atoms with Crippen LogP contribution in [-0.2, 0) is 6.32 Å². The molecule has 2 N–H and O–H groups in total. The molecule has 1 rings (SSSR count). The summed E-state index contributed by atoms with van der Waals surface area (Å²) in [5, 5.41) is 0. The van der Waals surface area contributed by atoms with E-state index < -0.39 is 13.3 Å². The Bertz CT molecular complexity index is 333. The quantitative estimate of drug-likeness (QED) is 0.429. The second-order valence-electron chi connectivity index (χ2n) is 3.24. The Hall–Kier alpha value is 0.861. The van der Waals surface area contributed by atoms with Crippen molar-refractivity contribution in [2.24, 2.45) is 0 Å². The van der Waals surface area contributed by atoms with Crippen molar-refractivity contribution in [2.75, 3.05) is 5.73 Å². The Morgan fingerprint density at radius 2 is 1.87 bits per heavy atom. The van der Waals surface area contributed by atoms with Gasteiger partial charge in [0.15, 0.2) is 0 Å². The van der Waals surface area contributed by atoms with Gasteiger partial charge in [-0.15, -0.1) is 12.6 Å². The van der Waals surface area contributed by atoms with E-state index in [-0.39, 0.29) is 56.9 Å². The van der Waals surface area contributed by atoms with Gasteiger partial charge in [-0.05, 0) is 24.6 Å². The largest absolute Gasteiger partial charge is 1.00 e. The van der Waals surface area contributed by atoms with E-state index in [1.165, 1.54) is 12.1 Å². The monoisotopic (exact) mass is 259 g/mol. The molecule has 0 atom stereocenters. The van der Waals surface area contributed by atoms with Crippen LogP contribution in [0.4, 0.5) is 18.6 Å². The van der Waals surface area contributed by atoms with Crippen molar-refractivity contribution < 1.29 is 64.3 Å². The number of nitrogens with two attached hydrogens (primary N) is 1. The molecule has 0 aliphatic heterocycles. The van der Waals surface area contributed by atoms with E-state index in [2.05, 4.69) is 12.6 Å². The van der Waals surface area contributed by atoms with Crippen LogP contribution in [0.1, 0.15) is 11.1 Å². The van der Waals surface area contributed by atoms with Gasteiger partial charge in [0.1, 0.15) is 0 Å². The maximum absolute atomic E-state index is 12.1. The van der Waals surface area contributed by atoms with Crippen LogP contribution in [0.2, 0.25) is 0 Å². The van der Waals surface area contributed by atoms with Gasteiger partial charge in [-0.1, -0.05) is 11.9 Å². The van der Waals surface area contributed by atoms with Gasteiger partial charge in [-0.3, -0.25) is 0 Å². The summed E-state index contributed by atoms with van der Waals surface area (Å²) < 4.78 is 36.3. The van der Waals surface area contributed by atoms with Crippen LogP contribution in [0, 0.1) is 6.92 Å². The first-order valence-electron chi connectivity index (χ1n) is 4.08. The smallest absolute Gasteiger partial charge is 0.449 e. The molecule has 0 saturated carbocycles. The molecule has 78 valence electrons. The summed E-state index contributed by atoms with van der Waals surface area (Å²) in [5.74, 6) is 0. The van der Waals surface area contributed by atoms with Gasteiger partial charge >= 0.3 is 58.4 Å². The second-order valence-corrected chi connectivity index (χ2v) is 3.73. The normalized spacial score (nSPS) is 11.0. The zero-order chi connectivity index (χ0) is 10.9. The standard InChI is InChI=1S/C8H10BF3NS.K/c1-5-7(13)2-6(3-8(5)14)4-9(10,11)12;/h2-3,14H,4,13H2,1H3;/q-1;+1. The van der Waals surface area contributed by atoms with Gasteiger partial charge in [-0.25, -0.2) is 0 Å². The molecule has 1 nitrogen and oxygen atoms in total. The molecule has 0 unspecified atom stereocenters. The van der Waals surface area contributed by atoms with Gasteiger partial charge in [0, 0.05) is 10.6 Å². The van der Waals surface area contributed by atoms with Crippen LogP contribution in [-0.4, -0.2) is 6.98 Å². The van der Waals surface area contributed by atoms with Gasteiger partial charge < -0.3 is 18.7 Å². The summed E-state index contributed by atoms with van der Waals surface area (Å²) >= 11 is 4.05. The van der Waals surface area contributed by atoms with Crippen molar-refractivity contribution in [3.05, 3.63) is 23.3 Å². The van der Waals surface area contributed by atoms with Gasteiger partial charge in [0.2, 0.25) is 0 Å². The summed E-state index contributed by atoms with van der Waals surface area (Å²) in [6.07, 6.45) is -0.905. The Balaban J connectivity index is 0.00000196. The SMILES string of the molecule is Cc1c(N)cc(C[B-](F)(F)F)cc1S.[K+]. The minimum absolute atomic E-state index is 0. The predicted molar refractivity (Wildman–Crippen MR) is 55.6 cm³/mol. The molecule has 0 amide bonds. The van der Waals surface area contributed by atoms with Gasteiger partial charge in [0.25, 0.3) is 0 Å². The zero-order valence-corrected chi connectivity index (χ0v) is 12.6. The maximum atomic E-state index is 12.1. The molecule has 0 aliphatic rings. The van der Waals surface area contributed by atoms with E-state index >= 15 is 0 Å². The third-order valence-corrected chi connectivity index (χ3v) is 2.41. The molecule has 7 heteroatoms. The molecule has 0 aliphatic carbocycles. The molecular formula is C8H10BF3KNS. The number of hydrogen-bond donors (Lipinski definition) is 2. The summed E-state index contributed by atoms with van der Waals surface area (Å²) in [7, 11) is 0. The molecule has 0 radical (unpaired) electrons. The molecule has 1 aromatic rings. The first-order chi connectivity index (χ1) is 6.29. The van der Waals surface area contributed by atoms with Crippen LogP contribution in [0.15, 0.2) is 17.0 Å². The number of hydrogen-bond acceptors (Lipinski definition) is 2. The van der Waals surface area contributed by atoms with Crippen molar-refractivity contribution in [1.29, 1.82) is 0 Å². The molecule has 15 heavy (non-hydrogen) atoms. The topological polar surface area (TPSA) is 26.0 Å². The molecule has 0 bridgehead atoms. The summed E-state index contributed by atoms with van der Waals surface area (Å²) in [5.41, 5.74) is 6.77. The molecule has 0 spiro atoms. The van der Waals surface area contributed by atoms with Crippen LogP contribution in [0.3, 0.4) is 0 Å². The van der Waals surface area contributed by atoms with E-state index in [4.69, 9.17) is 5.73 Å². The second kappa shape index (κ2) is 5.97. The minimum Gasteiger partial charge on any atom is -0.449 e. The van der Waals surface area contributed by atoms with Crippen molar-refractivity contribution in [2.45, 2.75) is 18.1 Å². The van der Waals surface area contributed by atoms with E-state index in [9.17, 15) is 12.9 Å². The fourth-order valence-electron chi connectivity index (χ4n) is 1.17. The molecule has 0 heterocycles. The Morgan fingerprint density at radius 1 is 1.33 bits per heavy atom. The predicted octanol–water partition coefficient (Wildman–Crippen LogP) is -0.201. The van der Waals surface area contributed by atoms with E-state index in [0.29, 0.717) is 16.1 Å². The molecule has 0 saturated heterocycles. The average Bonchev–Trinajstić information content (AvgIpc) is 1.96. The zero-order valence-electron chi connectivity index (χ0n) is 8.60. The fourth-order valence-corrected chi connectivity index (χ4v) is 1.46. The molecular weight excluding hydrogens is 249 g/mol. The number of anilines is 1. The number of halogens is 3. The number of benzene rings is 1. The molecule has 1 aromatic carbocycles. The Labute approximate surface area is 135 Å². The van der Waals surface area contributed by atoms with Crippen molar-refractivity contribution in [1.82, 2.24) is 0 Å². The van der Waals surface area contributed by atoms with Crippen molar-refractivity contribution >= 4 is 25.3 Å². The summed E-state index contributed by atoms with van der Waals surface area (Å²) in [6, 6.07) is 2.76. The number of rotatable bonds is 2. The fraction of sp³-hybridized carbons (Fsp3) is 0.250. The average molecular weight is 259 g/mol. The molecule has 0 fully saturated rings. The van der Waals surface area contributed by atoms with Gasteiger partial charge in [0.05, 0.1) is 0 Å². The minimum atomic E-state index is -4.81. The van der Waals surface area contributed by atoms with E-state index in [0.717, 1.165) is 0 Å². The first-order valence-corrected chi connectivity index (χ1v) is 4.53. The summed E-state index contributed by atoms with van der Waals surface area (Å²) in [4.78, 5) is 0.500. The maximum Gasteiger partial charge on any atom is 1.00 e. The van der Waals surface area contributed by atoms with E-state index in [1.807, 2.05) is 0 Å². The number of thiol groups is 1. The first kappa shape index (κ1) is 15.9. The Kier molecular flexibility index (Phi) is 6.32. The third-order valence-electron chi connectivity index (χ3n) is 1.95. The number of nitrogen functional groups attached to an aromatic ring is 1. The Morgan fingerprint density at radius 3 is 2.27 bits per heavy atom.